The highest BCUT2D eigenvalue weighted by molar-refractivity contribution is 6.03. The molecule has 2 aromatic rings. The van der Waals surface area contributed by atoms with E-state index in [-0.39, 0.29) is 18.1 Å². The van der Waals surface area contributed by atoms with Gasteiger partial charge in [-0.3, -0.25) is 4.79 Å². The number of rotatable bonds is 3. The van der Waals surface area contributed by atoms with Crippen LogP contribution in [0.1, 0.15) is 16.3 Å². The number of phenolic OH excluding ortho intramolecular Hbond substituents is 1. The average Bonchev–Trinajstić information content (AvgIpc) is 2.81. The molecule has 0 atom stereocenters. The molecule has 0 unspecified atom stereocenters. The largest absolute Gasteiger partial charge is 0.506 e. The summed E-state index contributed by atoms with van der Waals surface area (Å²) < 4.78 is 5.19. The first-order valence-corrected chi connectivity index (χ1v) is 5.09. The molecule has 1 heterocycles. The molecule has 0 aliphatic carbocycles. The Balaban J connectivity index is 2.14. The Kier molecular flexibility index (Phi) is 3.11. The van der Waals surface area contributed by atoms with Crippen LogP contribution < -0.4 is 11.1 Å². The summed E-state index contributed by atoms with van der Waals surface area (Å²) in [6, 6.07) is 9.65. The number of carbonyl (C=O) groups is 1. The number of hydrogen-bond donors (Lipinski definition) is 3. The van der Waals surface area contributed by atoms with Gasteiger partial charge in [-0.05, 0) is 24.3 Å². The number of nitrogens with two attached hydrogens (primary N) is 1. The topological polar surface area (TPSA) is 88.5 Å². The second-order valence-electron chi connectivity index (χ2n) is 3.44. The second kappa shape index (κ2) is 4.71. The lowest BCUT2D eigenvalue weighted by Gasteiger charge is -2.04. The predicted molar refractivity (Wildman–Crippen MR) is 62.7 cm³/mol. The van der Waals surface area contributed by atoms with Crippen molar-refractivity contribution in [3.05, 3.63) is 47.9 Å². The summed E-state index contributed by atoms with van der Waals surface area (Å²) in [5.74, 6) is 0.277. The lowest BCUT2D eigenvalue weighted by Crippen LogP contribution is -2.10. The lowest BCUT2D eigenvalue weighted by molar-refractivity contribution is 0.0994. The first kappa shape index (κ1) is 11.2. The summed E-state index contributed by atoms with van der Waals surface area (Å²) in [4.78, 5) is 11.7. The maximum Gasteiger partial charge on any atom is 0.291 e. The van der Waals surface area contributed by atoms with Crippen LogP contribution >= 0.6 is 0 Å². The van der Waals surface area contributed by atoms with Crippen LogP contribution in [0.25, 0.3) is 0 Å². The third-order valence-corrected chi connectivity index (χ3v) is 2.24. The van der Waals surface area contributed by atoms with Crippen LogP contribution in [0.5, 0.6) is 5.75 Å². The van der Waals surface area contributed by atoms with Gasteiger partial charge in [0.05, 0.1) is 12.2 Å². The van der Waals surface area contributed by atoms with Gasteiger partial charge in [0.1, 0.15) is 11.5 Å². The molecule has 0 bridgehead atoms. The Bertz CT molecular complexity index is 534. The Morgan fingerprint density at radius 3 is 2.71 bits per heavy atom. The normalized spacial score (nSPS) is 10.2. The zero-order valence-corrected chi connectivity index (χ0v) is 9.01. The predicted octanol–water partition coefficient (Wildman–Crippen LogP) is 1.70. The molecule has 88 valence electrons. The number of carbonyl (C=O) groups excluding carboxylic acids is 1. The Labute approximate surface area is 97.9 Å². The van der Waals surface area contributed by atoms with Gasteiger partial charge in [-0.15, -0.1) is 0 Å². The molecule has 0 saturated carbocycles. The highest BCUT2D eigenvalue weighted by atomic mass is 16.4. The van der Waals surface area contributed by atoms with E-state index in [1.807, 2.05) is 0 Å². The summed E-state index contributed by atoms with van der Waals surface area (Å²) in [5.41, 5.74) is 5.71. The van der Waals surface area contributed by atoms with E-state index >= 15 is 0 Å². The van der Waals surface area contributed by atoms with Crippen molar-refractivity contribution >= 4 is 11.6 Å². The van der Waals surface area contributed by atoms with Crippen LogP contribution in [-0.4, -0.2) is 11.0 Å². The van der Waals surface area contributed by atoms with Gasteiger partial charge >= 0.3 is 0 Å². The molecule has 0 fully saturated rings. The van der Waals surface area contributed by atoms with Crippen molar-refractivity contribution in [3.63, 3.8) is 0 Å². The number of anilines is 1. The number of furan rings is 1. The SMILES string of the molecule is NCc1ccc(C(=O)Nc2ccccc2O)o1. The van der Waals surface area contributed by atoms with Crippen molar-refractivity contribution in [2.45, 2.75) is 6.54 Å². The minimum Gasteiger partial charge on any atom is -0.506 e. The van der Waals surface area contributed by atoms with Gasteiger partial charge < -0.3 is 20.6 Å². The Hall–Kier alpha value is -2.27. The van der Waals surface area contributed by atoms with Crippen LogP contribution in [0, 0.1) is 0 Å². The third-order valence-electron chi connectivity index (χ3n) is 2.24. The average molecular weight is 232 g/mol. The fraction of sp³-hybridized carbons (Fsp3) is 0.0833. The van der Waals surface area contributed by atoms with Crippen molar-refractivity contribution in [2.75, 3.05) is 5.32 Å². The van der Waals surface area contributed by atoms with E-state index in [9.17, 15) is 9.90 Å². The standard InChI is InChI=1S/C12H12N2O3/c13-7-8-5-6-11(17-8)12(16)14-9-3-1-2-4-10(9)15/h1-6,15H,7,13H2,(H,14,16). The summed E-state index contributed by atoms with van der Waals surface area (Å²) in [6.45, 7) is 0.240. The van der Waals surface area contributed by atoms with E-state index in [1.54, 1.807) is 24.3 Å². The maximum atomic E-state index is 11.7. The molecular formula is C12H12N2O3. The fourth-order valence-electron chi connectivity index (χ4n) is 1.37. The molecule has 2 rings (SSSR count). The minimum absolute atomic E-state index is 0.00598. The van der Waals surface area contributed by atoms with E-state index < -0.39 is 5.91 Å². The molecule has 0 spiro atoms. The van der Waals surface area contributed by atoms with Crippen LogP contribution in [-0.2, 0) is 6.54 Å². The number of nitrogens with one attached hydrogen (secondary N) is 1. The number of phenols is 1. The van der Waals surface area contributed by atoms with Gasteiger partial charge in [-0.1, -0.05) is 12.1 Å². The van der Waals surface area contributed by atoms with Crippen LogP contribution in [0.4, 0.5) is 5.69 Å². The third kappa shape index (κ3) is 2.46. The molecule has 0 saturated heterocycles. The summed E-state index contributed by atoms with van der Waals surface area (Å²) in [6.07, 6.45) is 0. The monoisotopic (exact) mass is 232 g/mol. The Morgan fingerprint density at radius 1 is 1.29 bits per heavy atom. The van der Waals surface area contributed by atoms with Crippen molar-refractivity contribution in [3.8, 4) is 5.75 Å². The first-order chi connectivity index (χ1) is 8.20. The maximum absolute atomic E-state index is 11.7. The molecule has 5 heteroatoms. The molecule has 1 aromatic carbocycles. The molecule has 5 nitrogen and oxygen atoms in total. The van der Waals surface area contributed by atoms with Crippen molar-refractivity contribution < 1.29 is 14.3 Å². The smallest absolute Gasteiger partial charge is 0.291 e. The number of amides is 1. The number of benzene rings is 1. The van der Waals surface area contributed by atoms with Gasteiger partial charge in [-0.25, -0.2) is 0 Å². The van der Waals surface area contributed by atoms with E-state index in [0.29, 0.717) is 11.4 Å². The molecule has 0 radical (unpaired) electrons. The van der Waals surface area contributed by atoms with Gasteiger partial charge in [0.25, 0.3) is 5.91 Å². The zero-order chi connectivity index (χ0) is 12.3. The highest BCUT2D eigenvalue weighted by Crippen LogP contribution is 2.22. The van der Waals surface area contributed by atoms with E-state index in [1.165, 1.54) is 12.1 Å². The Morgan fingerprint density at radius 2 is 2.06 bits per heavy atom. The van der Waals surface area contributed by atoms with Crippen LogP contribution in [0.3, 0.4) is 0 Å². The molecule has 1 amide bonds. The number of para-hydroxylation sites is 2. The second-order valence-corrected chi connectivity index (χ2v) is 3.44. The van der Waals surface area contributed by atoms with Crippen LogP contribution in [0.15, 0.2) is 40.8 Å². The lowest BCUT2D eigenvalue weighted by atomic mass is 10.3. The molecule has 0 aliphatic heterocycles. The number of hydrogen-bond acceptors (Lipinski definition) is 4. The summed E-state index contributed by atoms with van der Waals surface area (Å²) >= 11 is 0. The van der Waals surface area contributed by atoms with E-state index in [2.05, 4.69) is 5.32 Å². The molecule has 17 heavy (non-hydrogen) atoms. The van der Waals surface area contributed by atoms with Gasteiger partial charge in [-0.2, -0.15) is 0 Å². The zero-order valence-electron chi connectivity index (χ0n) is 9.01. The van der Waals surface area contributed by atoms with Crippen molar-refractivity contribution in [1.29, 1.82) is 0 Å². The molecule has 0 aliphatic rings. The van der Waals surface area contributed by atoms with Crippen LogP contribution in [0.2, 0.25) is 0 Å². The van der Waals surface area contributed by atoms with Gasteiger partial charge in [0.15, 0.2) is 5.76 Å². The summed E-state index contributed by atoms with van der Waals surface area (Å²) in [7, 11) is 0. The summed E-state index contributed by atoms with van der Waals surface area (Å²) in [5, 5.41) is 12.0. The van der Waals surface area contributed by atoms with E-state index in [4.69, 9.17) is 10.2 Å². The quantitative estimate of drug-likeness (QED) is 0.702. The minimum atomic E-state index is -0.425. The van der Waals surface area contributed by atoms with Crippen molar-refractivity contribution in [2.24, 2.45) is 5.73 Å². The highest BCUT2D eigenvalue weighted by Gasteiger charge is 2.12. The molecule has 1 aromatic heterocycles. The molecule has 4 N–H and O–H groups in total. The molecular weight excluding hydrogens is 220 g/mol. The first-order valence-electron chi connectivity index (χ1n) is 5.09. The van der Waals surface area contributed by atoms with Gasteiger partial charge in [0, 0.05) is 0 Å². The van der Waals surface area contributed by atoms with Gasteiger partial charge in [0.2, 0.25) is 0 Å². The van der Waals surface area contributed by atoms with Crippen molar-refractivity contribution in [1.82, 2.24) is 0 Å². The fourth-order valence-corrected chi connectivity index (χ4v) is 1.37. The van der Waals surface area contributed by atoms with E-state index in [0.717, 1.165) is 0 Å². The number of aromatic hydroxyl groups is 1.